The van der Waals surface area contributed by atoms with Crippen molar-refractivity contribution in [2.75, 3.05) is 6.54 Å². The Hall–Kier alpha value is -2.16. The number of hydrogen-bond donors (Lipinski definition) is 0. The van der Waals surface area contributed by atoms with Crippen LogP contribution in [0.1, 0.15) is 59.1 Å². The molecule has 0 radical (unpaired) electrons. The van der Waals surface area contributed by atoms with E-state index in [-0.39, 0.29) is 24.3 Å². The molecule has 38 heavy (non-hydrogen) atoms. The number of carbonyl (C=O) groups is 2. The molecule has 1 aliphatic heterocycles. The van der Waals surface area contributed by atoms with E-state index in [0.29, 0.717) is 12.8 Å². The number of halogens is 1. The molecular formula is C30H42BrNO5Si. The van der Waals surface area contributed by atoms with Crippen molar-refractivity contribution >= 4 is 36.3 Å². The zero-order valence-electron chi connectivity index (χ0n) is 24.0. The van der Waals surface area contributed by atoms with Crippen molar-refractivity contribution in [3.05, 3.63) is 70.2 Å². The van der Waals surface area contributed by atoms with Crippen LogP contribution in [0.3, 0.4) is 0 Å². The second-order valence-electron chi connectivity index (χ2n) is 12.7. The molecule has 1 unspecified atom stereocenters. The van der Waals surface area contributed by atoms with E-state index in [1.807, 2.05) is 75.4 Å². The van der Waals surface area contributed by atoms with Gasteiger partial charge in [0.2, 0.25) is 0 Å². The Balaban J connectivity index is 2.03. The first-order valence-corrected chi connectivity index (χ1v) is 16.9. The van der Waals surface area contributed by atoms with E-state index < -0.39 is 31.5 Å². The number of nitrogens with zero attached hydrogens (tertiary/aromatic N) is 1. The third-order valence-electron chi connectivity index (χ3n) is 7.35. The highest BCUT2D eigenvalue weighted by molar-refractivity contribution is 9.10. The molecule has 2 aromatic rings. The highest BCUT2D eigenvalue weighted by Crippen LogP contribution is 2.42. The molecule has 208 valence electrons. The number of esters is 1. The molecule has 0 N–H and O–H groups in total. The van der Waals surface area contributed by atoms with Crippen LogP contribution in [0.25, 0.3) is 0 Å². The minimum atomic E-state index is -2.19. The zero-order chi connectivity index (χ0) is 28.4. The van der Waals surface area contributed by atoms with Crippen LogP contribution in [-0.2, 0) is 31.7 Å². The van der Waals surface area contributed by atoms with Crippen LogP contribution < -0.4 is 0 Å². The molecule has 0 saturated carbocycles. The molecule has 1 heterocycles. The normalized spacial score (nSPS) is 20.3. The maximum absolute atomic E-state index is 14.1. The molecule has 1 fully saturated rings. The molecule has 1 aliphatic rings. The molecule has 3 rings (SSSR count). The van der Waals surface area contributed by atoms with Gasteiger partial charge < -0.3 is 13.9 Å². The van der Waals surface area contributed by atoms with Gasteiger partial charge in [0.25, 0.3) is 0 Å². The van der Waals surface area contributed by atoms with Gasteiger partial charge in [-0.1, -0.05) is 79.2 Å². The number of ether oxygens (including phenoxy) is 2. The molecule has 0 aliphatic carbocycles. The SMILES string of the molecule is CC(C)(C)OC(=O)N1CC(O[Si](C)(C)C(C)(C)C)C[C@@]1(Cc1ccc(Br)cc1)C(=O)OCc1ccccc1. The molecular weight excluding hydrogens is 562 g/mol. The monoisotopic (exact) mass is 603 g/mol. The van der Waals surface area contributed by atoms with Crippen LogP contribution in [0.15, 0.2) is 59.1 Å². The number of benzene rings is 2. The Bertz CT molecular complexity index is 1110. The molecule has 2 atom stereocenters. The summed E-state index contributed by atoms with van der Waals surface area (Å²) >= 11 is 3.49. The summed E-state index contributed by atoms with van der Waals surface area (Å²) in [6.45, 7) is 16.8. The Morgan fingerprint density at radius 3 is 2.13 bits per heavy atom. The summed E-state index contributed by atoms with van der Waals surface area (Å²) in [5, 5.41) is -0.0193. The van der Waals surface area contributed by atoms with Crippen LogP contribution in [0.5, 0.6) is 0 Å². The van der Waals surface area contributed by atoms with Gasteiger partial charge >= 0.3 is 12.1 Å². The van der Waals surface area contributed by atoms with Gasteiger partial charge in [-0.25, -0.2) is 9.59 Å². The van der Waals surface area contributed by atoms with Crippen molar-refractivity contribution in [1.29, 1.82) is 0 Å². The van der Waals surface area contributed by atoms with E-state index in [0.717, 1.165) is 15.6 Å². The molecule has 0 spiro atoms. The van der Waals surface area contributed by atoms with Crippen molar-refractivity contribution < 1.29 is 23.5 Å². The van der Waals surface area contributed by atoms with Crippen LogP contribution >= 0.6 is 15.9 Å². The second kappa shape index (κ2) is 11.5. The summed E-state index contributed by atoms with van der Waals surface area (Å²) < 4.78 is 19.5. The predicted octanol–water partition coefficient (Wildman–Crippen LogP) is 7.51. The van der Waals surface area contributed by atoms with Gasteiger partial charge in [0, 0.05) is 17.3 Å². The number of likely N-dealkylation sites (tertiary alicyclic amines) is 1. The van der Waals surface area contributed by atoms with Gasteiger partial charge in [0.05, 0.1) is 12.6 Å². The van der Waals surface area contributed by atoms with Crippen molar-refractivity contribution in [3.8, 4) is 0 Å². The Labute approximate surface area is 237 Å². The lowest BCUT2D eigenvalue weighted by molar-refractivity contribution is -0.158. The number of carbonyl (C=O) groups excluding carboxylic acids is 2. The topological polar surface area (TPSA) is 65.1 Å². The summed E-state index contributed by atoms with van der Waals surface area (Å²) in [6, 6.07) is 17.4. The van der Waals surface area contributed by atoms with Crippen molar-refractivity contribution in [3.63, 3.8) is 0 Å². The molecule has 6 nitrogen and oxygen atoms in total. The lowest BCUT2D eigenvalue weighted by atomic mass is 9.87. The number of hydrogen-bond acceptors (Lipinski definition) is 5. The fourth-order valence-electron chi connectivity index (χ4n) is 4.40. The van der Waals surface area contributed by atoms with E-state index in [9.17, 15) is 9.59 Å². The average Bonchev–Trinajstić information content (AvgIpc) is 3.16. The van der Waals surface area contributed by atoms with Gasteiger partial charge in [-0.3, -0.25) is 4.90 Å². The highest BCUT2D eigenvalue weighted by Gasteiger charge is 2.57. The molecule has 1 amide bonds. The Kier molecular flexibility index (Phi) is 9.21. The third-order valence-corrected chi connectivity index (χ3v) is 12.4. The van der Waals surface area contributed by atoms with E-state index >= 15 is 0 Å². The summed E-state index contributed by atoms with van der Waals surface area (Å²) in [4.78, 5) is 29.3. The van der Waals surface area contributed by atoms with Gasteiger partial charge in [-0.05, 0) is 62.2 Å². The summed E-state index contributed by atoms with van der Waals surface area (Å²) in [5.74, 6) is -0.448. The first-order chi connectivity index (χ1) is 17.5. The van der Waals surface area contributed by atoms with E-state index in [1.165, 1.54) is 0 Å². The summed E-state index contributed by atoms with van der Waals surface area (Å²) in [6.07, 6.45) is -0.219. The standard InChI is InChI=1S/C30H42BrNO5Si/c1-28(2,3)36-27(34)32-20-25(37-38(7,8)29(4,5)6)19-30(32,18-22-14-16-24(31)17-15-22)26(33)35-21-23-12-10-9-11-13-23/h9-17,25H,18-21H2,1-8H3/t25?,30-/m0/s1. The van der Waals surface area contributed by atoms with E-state index in [4.69, 9.17) is 13.9 Å². The van der Waals surface area contributed by atoms with E-state index in [2.05, 4.69) is 49.8 Å². The van der Waals surface area contributed by atoms with Crippen LogP contribution in [0.4, 0.5) is 4.79 Å². The first-order valence-electron chi connectivity index (χ1n) is 13.2. The van der Waals surface area contributed by atoms with Crippen molar-refractivity contribution in [2.24, 2.45) is 0 Å². The fraction of sp³-hybridized carbons (Fsp3) is 0.533. The van der Waals surface area contributed by atoms with Crippen LogP contribution in [0.2, 0.25) is 18.1 Å². The third kappa shape index (κ3) is 7.48. The van der Waals surface area contributed by atoms with Crippen molar-refractivity contribution in [2.45, 2.75) is 96.4 Å². The predicted molar refractivity (Wildman–Crippen MR) is 156 cm³/mol. The lowest BCUT2D eigenvalue weighted by Gasteiger charge is -2.38. The minimum Gasteiger partial charge on any atom is -0.459 e. The fourth-order valence-corrected chi connectivity index (χ4v) is 6.01. The van der Waals surface area contributed by atoms with Gasteiger partial charge in [0.1, 0.15) is 17.7 Å². The maximum atomic E-state index is 14.1. The first kappa shape index (κ1) is 30.4. The van der Waals surface area contributed by atoms with E-state index in [1.54, 1.807) is 4.90 Å². The average molecular weight is 605 g/mol. The van der Waals surface area contributed by atoms with Crippen LogP contribution in [-0.4, -0.2) is 49.1 Å². The minimum absolute atomic E-state index is 0.0193. The van der Waals surface area contributed by atoms with Crippen molar-refractivity contribution in [1.82, 2.24) is 4.90 Å². The smallest absolute Gasteiger partial charge is 0.411 e. The summed E-state index contributed by atoms with van der Waals surface area (Å²) in [5.41, 5.74) is -0.174. The Morgan fingerprint density at radius 2 is 1.58 bits per heavy atom. The van der Waals surface area contributed by atoms with Crippen LogP contribution in [0, 0.1) is 0 Å². The van der Waals surface area contributed by atoms with Gasteiger partial charge in [-0.15, -0.1) is 0 Å². The largest absolute Gasteiger partial charge is 0.459 e. The Morgan fingerprint density at radius 1 is 0.974 bits per heavy atom. The molecule has 1 saturated heterocycles. The van der Waals surface area contributed by atoms with Gasteiger partial charge in [0.15, 0.2) is 8.32 Å². The number of rotatable bonds is 7. The maximum Gasteiger partial charge on any atom is 0.411 e. The highest BCUT2D eigenvalue weighted by atomic mass is 79.9. The second-order valence-corrected chi connectivity index (χ2v) is 18.4. The molecule has 2 aromatic carbocycles. The lowest BCUT2D eigenvalue weighted by Crippen LogP contribution is -2.56. The zero-order valence-corrected chi connectivity index (χ0v) is 26.6. The molecule has 8 heteroatoms. The summed E-state index contributed by atoms with van der Waals surface area (Å²) in [7, 11) is -2.19. The molecule has 0 bridgehead atoms. The van der Waals surface area contributed by atoms with Gasteiger partial charge in [-0.2, -0.15) is 0 Å². The number of amides is 1. The quantitative estimate of drug-likeness (QED) is 0.242. The molecule has 0 aromatic heterocycles.